The predicted molar refractivity (Wildman–Crippen MR) is 134 cm³/mol. The second-order valence-corrected chi connectivity index (χ2v) is 8.50. The summed E-state index contributed by atoms with van der Waals surface area (Å²) < 4.78 is 1.65. The van der Waals surface area contributed by atoms with Crippen LogP contribution in [0.5, 0.6) is 0 Å². The molecule has 0 aliphatic heterocycles. The van der Waals surface area contributed by atoms with Gasteiger partial charge in [-0.3, -0.25) is 9.89 Å². The van der Waals surface area contributed by atoms with E-state index in [0.29, 0.717) is 33.6 Å². The molecule has 0 aliphatic carbocycles. The molecule has 1 amide bonds. The standard InChI is InChI=1S/C24H19Cl2N7O/c1-32(14-15-4-2-3-5-19(15)26)22-21(24(34)30-18-8-6-17(25)7-9-18)31-33-20(10-11-27-23(22)33)16-12-28-29-13-16/h2-13H,14H2,1H3,(H,28,29)(H,30,34). The number of halogens is 2. The molecule has 5 rings (SSSR count). The average Bonchev–Trinajstić information content (AvgIpc) is 3.50. The van der Waals surface area contributed by atoms with Crippen LogP contribution in [0.4, 0.5) is 11.4 Å². The van der Waals surface area contributed by atoms with Gasteiger partial charge in [0.25, 0.3) is 5.91 Å². The summed E-state index contributed by atoms with van der Waals surface area (Å²) in [6, 6.07) is 16.3. The molecule has 0 saturated carbocycles. The first-order chi connectivity index (χ1) is 16.5. The maximum absolute atomic E-state index is 13.4. The molecule has 10 heteroatoms. The zero-order valence-electron chi connectivity index (χ0n) is 18.0. The van der Waals surface area contributed by atoms with E-state index in [1.54, 1.807) is 47.4 Å². The van der Waals surface area contributed by atoms with Crippen LogP contribution in [-0.2, 0) is 6.54 Å². The van der Waals surface area contributed by atoms with E-state index < -0.39 is 0 Å². The topological polar surface area (TPSA) is 91.2 Å². The molecule has 3 heterocycles. The van der Waals surface area contributed by atoms with Crippen LogP contribution in [0.15, 0.2) is 73.2 Å². The lowest BCUT2D eigenvalue weighted by molar-refractivity contribution is 0.102. The first-order valence-corrected chi connectivity index (χ1v) is 11.1. The van der Waals surface area contributed by atoms with Gasteiger partial charge >= 0.3 is 0 Å². The van der Waals surface area contributed by atoms with Crippen LogP contribution in [-0.4, -0.2) is 37.8 Å². The van der Waals surface area contributed by atoms with E-state index >= 15 is 0 Å². The van der Waals surface area contributed by atoms with Crippen molar-refractivity contribution in [3.8, 4) is 11.3 Å². The summed E-state index contributed by atoms with van der Waals surface area (Å²) in [5, 5.41) is 15.6. The fourth-order valence-electron chi connectivity index (χ4n) is 3.73. The van der Waals surface area contributed by atoms with Gasteiger partial charge in [0.15, 0.2) is 11.3 Å². The monoisotopic (exact) mass is 491 g/mol. The first-order valence-electron chi connectivity index (χ1n) is 10.4. The molecule has 34 heavy (non-hydrogen) atoms. The Morgan fingerprint density at radius 1 is 1.12 bits per heavy atom. The number of fused-ring (bicyclic) bond motifs is 1. The van der Waals surface area contributed by atoms with E-state index in [9.17, 15) is 4.79 Å². The molecular weight excluding hydrogens is 473 g/mol. The molecule has 2 aromatic carbocycles. The van der Waals surface area contributed by atoms with Gasteiger partial charge in [0.05, 0.1) is 11.9 Å². The number of carbonyl (C=O) groups is 1. The van der Waals surface area contributed by atoms with Crippen molar-refractivity contribution in [2.45, 2.75) is 6.54 Å². The van der Waals surface area contributed by atoms with Gasteiger partial charge < -0.3 is 10.2 Å². The van der Waals surface area contributed by atoms with Gasteiger partial charge in [0.1, 0.15) is 5.69 Å². The van der Waals surface area contributed by atoms with Gasteiger partial charge in [-0.1, -0.05) is 41.4 Å². The number of amides is 1. The quantitative estimate of drug-likeness (QED) is 0.335. The normalized spacial score (nSPS) is 11.0. The second-order valence-electron chi connectivity index (χ2n) is 7.66. The van der Waals surface area contributed by atoms with E-state index in [4.69, 9.17) is 23.2 Å². The number of rotatable bonds is 6. The lowest BCUT2D eigenvalue weighted by Gasteiger charge is -2.20. The number of benzene rings is 2. The zero-order valence-corrected chi connectivity index (χ0v) is 19.5. The lowest BCUT2D eigenvalue weighted by atomic mass is 10.2. The molecule has 0 bridgehead atoms. The van der Waals surface area contributed by atoms with Gasteiger partial charge in [0, 0.05) is 47.3 Å². The summed E-state index contributed by atoms with van der Waals surface area (Å²) in [6.07, 6.45) is 5.14. The van der Waals surface area contributed by atoms with Crippen LogP contribution >= 0.6 is 23.2 Å². The fraction of sp³-hybridized carbons (Fsp3) is 0.0833. The molecule has 0 unspecified atom stereocenters. The third kappa shape index (κ3) is 4.21. The van der Waals surface area contributed by atoms with Gasteiger partial charge in [0.2, 0.25) is 0 Å². The van der Waals surface area contributed by atoms with Crippen LogP contribution in [0.2, 0.25) is 10.0 Å². The van der Waals surface area contributed by atoms with Gasteiger partial charge in [-0.05, 0) is 42.0 Å². The molecule has 2 N–H and O–H groups in total. The number of hydrogen-bond acceptors (Lipinski definition) is 5. The van der Waals surface area contributed by atoms with Crippen LogP contribution in [0.1, 0.15) is 16.1 Å². The van der Waals surface area contributed by atoms with Gasteiger partial charge in [-0.2, -0.15) is 10.2 Å². The number of anilines is 2. The Morgan fingerprint density at radius 3 is 2.65 bits per heavy atom. The van der Waals surface area contributed by atoms with E-state index in [0.717, 1.165) is 16.8 Å². The Kier molecular flexibility index (Phi) is 5.91. The number of nitrogens with one attached hydrogen (secondary N) is 2. The van der Waals surface area contributed by atoms with Crippen LogP contribution < -0.4 is 10.2 Å². The summed E-state index contributed by atoms with van der Waals surface area (Å²) >= 11 is 12.4. The number of aromatic amines is 1. The summed E-state index contributed by atoms with van der Waals surface area (Å²) in [5.41, 5.74) is 4.44. The summed E-state index contributed by atoms with van der Waals surface area (Å²) in [6.45, 7) is 0.458. The summed E-state index contributed by atoms with van der Waals surface area (Å²) in [5.74, 6) is -0.369. The highest BCUT2D eigenvalue weighted by atomic mass is 35.5. The van der Waals surface area contributed by atoms with Crippen molar-refractivity contribution in [2.75, 3.05) is 17.3 Å². The number of carbonyl (C=O) groups excluding carboxylic acids is 1. The maximum atomic E-state index is 13.4. The van der Waals surface area contributed by atoms with E-state index in [1.165, 1.54) is 0 Å². The lowest BCUT2D eigenvalue weighted by Crippen LogP contribution is -2.21. The molecule has 170 valence electrons. The molecule has 0 saturated heterocycles. The van der Waals surface area contributed by atoms with E-state index in [-0.39, 0.29) is 11.6 Å². The third-order valence-corrected chi connectivity index (χ3v) is 5.97. The van der Waals surface area contributed by atoms with Crippen molar-refractivity contribution in [1.82, 2.24) is 24.8 Å². The first kappa shape index (κ1) is 21.9. The zero-order chi connectivity index (χ0) is 23.7. The molecule has 0 aliphatic rings. The van der Waals surface area contributed by atoms with Crippen LogP contribution in [0.25, 0.3) is 16.9 Å². The van der Waals surface area contributed by atoms with Gasteiger partial charge in [-0.15, -0.1) is 0 Å². The van der Waals surface area contributed by atoms with Crippen LogP contribution in [0, 0.1) is 0 Å². The van der Waals surface area contributed by atoms with Gasteiger partial charge in [-0.25, -0.2) is 9.50 Å². The maximum Gasteiger partial charge on any atom is 0.278 e. The highest BCUT2D eigenvalue weighted by molar-refractivity contribution is 6.31. The largest absolute Gasteiger partial charge is 0.365 e. The minimum atomic E-state index is -0.369. The van der Waals surface area contributed by atoms with Crippen molar-refractivity contribution in [3.05, 3.63) is 94.5 Å². The number of H-pyrrole nitrogens is 1. The average molecular weight is 492 g/mol. The van der Waals surface area contributed by atoms with Crippen molar-refractivity contribution < 1.29 is 4.79 Å². The van der Waals surface area contributed by atoms with Crippen molar-refractivity contribution in [3.63, 3.8) is 0 Å². The molecule has 0 radical (unpaired) electrons. The molecule has 0 spiro atoms. The highest BCUT2D eigenvalue weighted by Crippen LogP contribution is 2.31. The Morgan fingerprint density at radius 2 is 1.91 bits per heavy atom. The van der Waals surface area contributed by atoms with E-state index in [1.807, 2.05) is 42.3 Å². The summed E-state index contributed by atoms with van der Waals surface area (Å²) in [7, 11) is 1.88. The third-order valence-electron chi connectivity index (χ3n) is 5.35. The highest BCUT2D eigenvalue weighted by Gasteiger charge is 2.25. The Labute approximate surface area is 205 Å². The predicted octanol–water partition coefficient (Wildman–Crippen LogP) is 5.31. The summed E-state index contributed by atoms with van der Waals surface area (Å²) in [4.78, 5) is 19.9. The molecule has 8 nitrogen and oxygen atoms in total. The minimum Gasteiger partial charge on any atom is -0.365 e. The Hall–Kier alpha value is -3.88. The Bertz CT molecular complexity index is 1460. The number of nitrogens with zero attached hydrogens (tertiary/aromatic N) is 5. The van der Waals surface area contributed by atoms with Crippen molar-refractivity contribution in [2.24, 2.45) is 0 Å². The van der Waals surface area contributed by atoms with Crippen LogP contribution in [0.3, 0.4) is 0 Å². The van der Waals surface area contributed by atoms with Crippen molar-refractivity contribution in [1.29, 1.82) is 0 Å². The SMILES string of the molecule is CN(Cc1ccccc1Cl)c1c(C(=O)Nc2ccc(Cl)cc2)nn2c(-c3cn[nH]c3)ccnc12. The van der Waals surface area contributed by atoms with Crippen molar-refractivity contribution >= 4 is 46.1 Å². The fourth-order valence-corrected chi connectivity index (χ4v) is 4.05. The molecule has 0 fully saturated rings. The minimum absolute atomic E-state index is 0.230. The molecule has 0 atom stereocenters. The molecule has 5 aromatic rings. The molecular formula is C24H19Cl2N7O. The Balaban J connectivity index is 1.62. The second kappa shape index (κ2) is 9.17. The number of aromatic nitrogens is 5. The number of hydrogen-bond donors (Lipinski definition) is 2. The molecule has 3 aromatic heterocycles. The van der Waals surface area contributed by atoms with E-state index in [2.05, 4.69) is 25.6 Å². The smallest absolute Gasteiger partial charge is 0.278 e.